The number of unbranched alkanes of at least 4 members (excludes halogenated alkanes) is 5. The fourth-order valence-corrected chi connectivity index (χ4v) is 2.06. The Balaban J connectivity index is 3.57. The summed E-state index contributed by atoms with van der Waals surface area (Å²) in [6, 6.07) is 1.17. The molecule has 0 unspecified atom stereocenters. The number of hydrogen-bond acceptors (Lipinski definition) is 1. The van der Waals surface area contributed by atoms with Crippen molar-refractivity contribution in [2.75, 3.05) is 0 Å². The van der Waals surface area contributed by atoms with Crippen LogP contribution in [-0.4, -0.2) is 24.3 Å². The van der Waals surface area contributed by atoms with E-state index >= 15 is 0 Å². The summed E-state index contributed by atoms with van der Waals surface area (Å²) >= 11 is 0. The average Bonchev–Trinajstić information content (AvgIpc) is 2.26. The third kappa shape index (κ3) is 9.46. The molecule has 0 spiro atoms. The van der Waals surface area contributed by atoms with Crippen LogP contribution in [0.15, 0.2) is 12.1 Å². The van der Waals surface area contributed by atoms with Gasteiger partial charge in [0.25, 0.3) is 0 Å². The maximum absolute atomic E-state index is 2.40. The summed E-state index contributed by atoms with van der Waals surface area (Å²) in [7, 11) is 2.24. The number of rotatable bonds is 10. The summed E-state index contributed by atoms with van der Waals surface area (Å²) < 4.78 is 0. The van der Waals surface area contributed by atoms with Gasteiger partial charge in [-0.25, -0.2) is 0 Å². The maximum atomic E-state index is 2.40. The first-order valence-electron chi connectivity index (χ1n) is 7.37. The minimum Gasteiger partial charge on any atom is -0.338 e. The lowest BCUT2D eigenvalue weighted by Crippen LogP contribution is -2.39. The smallest absolute Gasteiger partial charge is 0.239 e. The zero-order valence-electron chi connectivity index (χ0n) is 12.6. The van der Waals surface area contributed by atoms with Crippen molar-refractivity contribution in [3.63, 3.8) is 0 Å². The van der Waals surface area contributed by atoms with Crippen LogP contribution in [0.5, 0.6) is 0 Å². The Morgan fingerprint density at radius 1 is 0.941 bits per heavy atom. The predicted octanol–water partition coefficient (Wildman–Crippen LogP) is 4.60. The summed E-state index contributed by atoms with van der Waals surface area (Å²) in [5, 5.41) is 0. The summed E-state index contributed by atoms with van der Waals surface area (Å²) in [5.74, 6) is 2.22. The molecule has 0 aliphatic rings. The monoisotopic (exact) mass is 236 g/mol. The van der Waals surface area contributed by atoms with E-state index < -0.39 is 0 Å². The van der Waals surface area contributed by atoms with Crippen LogP contribution in [0.25, 0.3) is 0 Å². The highest BCUT2D eigenvalue weighted by Gasteiger charge is 2.11. The van der Waals surface area contributed by atoms with Crippen molar-refractivity contribution in [1.29, 1.82) is 0 Å². The van der Waals surface area contributed by atoms with Gasteiger partial charge >= 0.3 is 0 Å². The molecule has 0 fully saturated rings. The molecular weight excluding hydrogens is 205 g/mol. The van der Waals surface area contributed by atoms with Gasteiger partial charge in [-0.2, -0.15) is 0 Å². The van der Waals surface area contributed by atoms with Crippen LogP contribution in [0.4, 0.5) is 0 Å². The Labute approximate surface area is 110 Å². The Hall–Kier alpha value is -0.235. The normalized spacial score (nSPS) is 12.2. The molecule has 0 amide bonds. The molecule has 0 aliphatic heterocycles. The van der Waals surface area contributed by atoms with Crippen molar-refractivity contribution in [2.45, 2.75) is 85.2 Å². The fraction of sp³-hybridized carbons (Fsp3) is 0.867. The van der Waals surface area contributed by atoms with E-state index in [-0.39, 0.29) is 0 Å². The first kappa shape index (κ1) is 16.8. The highest BCUT2D eigenvalue weighted by Crippen LogP contribution is 2.06. The lowest BCUT2D eigenvalue weighted by atomic mass is 9.86. The standard InChI is InChI=1S/C15H31BN/c1-6-7-8-9-10-11-12-13-16-17(14(2)3)15(4)5/h12-15H,6-11H2,1-5H3/b13-12+. The highest BCUT2D eigenvalue weighted by atomic mass is 15.1. The molecule has 1 radical (unpaired) electrons. The zero-order valence-corrected chi connectivity index (χ0v) is 12.6. The van der Waals surface area contributed by atoms with Gasteiger partial charge in [0.15, 0.2) is 0 Å². The molecule has 0 N–H and O–H groups in total. The minimum absolute atomic E-state index is 0.587. The summed E-state index contributed by atoms with van der Waals surface area (Å²) in [6.07, 6.45) is 10.4. The van der Waals surface area contributed by atoms with Crippen molar-refractivity contribution in [3.8, 4) is 0 Å². The van der Waals surface area contributed by atoms with Crippen LogP contribution < -0.4 is 0 Å². The summed E-state index contributed by atoms with van der Waals surface area (Å²) in [4.78, 5) is 2.40. The second-order valence-electron chi connectivity index (χ2n) is 5.41. The molecule has 0 saturated carbocycles. The van der Waals surface area contributed by atoms with Gasteiger partial charge in [-0.15, -0.1) is 5.98 Å². The quantitative estimate of drug-likeness (QED) is 0.396. The van der Waals surface area contributed by atoms with Gasteiger partial charge in [0.2, 0.25) is 7.41 Å². The van der Waals surface area contributed by atoms with E-state index in [0.29, 0.717) is 12.1 Å². The van der Waals surface area contributed by atoms with Crippen LogP contribution in [0.3, 0.4) is 0 Å². The van der Waals surface area contributed by atoms with Crippen molar-refractivity contribution in [2.24, 2.45) is 0 Å². The van der Waals surface area contributed by atoms with Crippen molar-refractivity contribution in [3.05, 3.63) is 12.1 Å². The van der Waals surface area contributed by atoms with E-state index in [1.807, 2.05) is 0 Å². The van der Waals surface area contributed by atoms with Crippen LogP contribution in [0.2, 0.25) is 0 Å². The van der Waals surface area contributed by atoms with Gasteiger partial charge in [-0.3, -0.25) is 0 Å². The second kappa shape index (κ2) is 10.9. The van der Waals surface area contributed by atoms with E-state index in [2.05, 4.69) is 58.9 Å². The Bertz CT molecular complexity index is 179. The Morgan fingerprint density at radius 3 is 2.06 bits per heavy atom. The number of nitrogens with zero attached hydrogens (tertiary/aromatic N) is 1. The van der Waals surface area contributed by atoms with E-state index in [1.54, 1.807) is 0 Å². The molecule has 0 rings (SSSR count). The lowest BCUT2D eigenvalue weighted by Gasteiger charge is -2.28. The molecule has 17 heavy (non-hydrogen) atoms. The minimum atomic E-state index is 0.587. The molecule has 0 atom stereocenters. The molecule has 0 bridgehead atoms. The molecule has 0 aromatic carbocycles. The predicted molar refractivity (Wildman–Crippen MR) is 80.4 cm³/mol. The first-order chi connectivity index (χ1) is 8.09. The second-order valence-corrected chi connectivity index (χ2v) is 5.41. The summed E-state index contributed by atoms with van der Waals surface area (Å²) in [5.41, 5.74) is 0. The molecule has 1 nitrogen and oxygen atoms in total. The van der Waals surface area contributed by atoms with E-state index in [9.17, 15) is 0 Å². The zero-order chi connectivity index (χ0) is 13.1. The Kier molecular flexibility index (Phi) is 10.7. The lowest BCUT2D eigenvalue weighted by molar-refractivity contribution is 0.315. The molecule has 0 aromatic heterocycles. The van der Waals surface area contributed by atoms with Crippen LogP contribution >= 0.6 is 0 Å². The molecular formula is C15H31BN. The van der Waals surface area contributed by atoms with Gasteiger partial charge in [-0.05, 0) is 24.9 Å². The molecule has 0 saturated heterocycles. The first-order valence-corrected chi connectivity index (χ1v) is 7.37. The average molecular weight is 236 g/mol. The Morgan fingerprint density at radius 2 is 1.53 bits per heavy atom. The van der Waals surface area contributed by atoms with Crippen molar-refractivity contribution < 1.29 is 0 Å². The topological polar surface area (TPSA) is 3.24 Å². The molecule has 99 valence electrons. The van der Waals surface area contributed by atoms with Gasteiger partial charge < -0.3 is 4.81 Å². The van der Waals surface area contributed by atoms with E-state index in [1.165, 1.54) is 38.5 Å². The molecule has 0 heterocycles. The van der Waals surface area contributed by atoms with Gasteiger partial charge in [-0.1, -0.05) is 66.4 Å². The van der Waals surface area contributed by atoms with E-state index in [4.69, 9.17) is 0 Å². The molecule has 0 aliphatic carbocycles. The summed E-state index contributed by atoms with van der Waals surface area (Å²) in [6.45, 7) is 11.2. The number of hydrogen-bond donors (Lipinski definition) is 0. The van der Waals surface area contributed by atoms with Crippen molar-refractivity contribution in [1.82, 2.24) is 4.81 Å². The van der Waals surface area contributed by atoms with E-state index in [0.717, 1.165) is 0 Å². The largest absolute Gasteiger partial charge is 0.338 e. The van der Waals surface area contributed by atoms with Crippen LogP contribution in [-0.2, 0) is 0 Å². The maximum Gasteiger partial charge on any atom is 0.239 e. The SMILES string of the molecule is CCCCCCC/C=C/[B]N(C(C)C)C(C)C. The number of allylic oxidation sites excluding steroid dienone is 1. The van der Waals surface area contributed by atoms with Gasteiger partial charge in [0.1, 0.15) is 0 Å². The fourth-order valence-electron chi connectivity index (χ4n) is 2.06. The molecule has 0 aromatic rings. The third-order valence-electron chi connectivity index (χ3n) is 3.06. The van der Waals surface area contributed by atoms with Crippen molar-refractivity contribution >= 4 is 7.41 Å². The molecule has 2 heteroatoms. The highest BCUT2D eigenvalue weighted by molar-refractivity contribution is 6.38. The van der Waals surface area contributed by atoms with Gasteiger partial charge in [0.05, 0.1) is 0 Å². The van der Waals surface area contributed by atoms with Crippen LogP contribution in [0.1, 0.15) is 73.1 Å². The van der Waals surface area contributed by atoms with Gasteiger partial charge in [0, 0.05) is 0 Å². The third-order valence-corrected chi connectivity index (χ3v) is 3.06. The van der Waals surface area contributed by atoms with Crippen LogP contribution in [0, 0.1) is 0 Å².